The number of allylic oxidation sites excluding steroid dienone is 1. The van der Waals surface area contributed by atoms with Gasteiger partial charge in [0.2, 0.25) is 5.91 Å². The minimum atomic E-state index is -0.365. The van der Waals surface area contributed by atoms with Crippen molar-refractivity contribution < 1.29 is 18.7 Å². The number of amides is 1. The lowest BCUT2D eigenvalue weighted by atomic mass is 10.1. The van der Waals surface area contributed by atoms with Crippen molar-refractivity contribution in [2.75, 3.05) is 17.7 Å². The maximum Gasteiger partial charge on any atom is 0.341 e. The molecule has 0 fully saturated rings. The third-order valence-corrected chi connectivity index (χ3v) is 7.79. The normalized spacial score (nSPS) is 13.2. The molecule has 3 heterocycles. The molecule has 0 aromatic carbocycles. The molecule has 3 aromatic rings. The van der Waals surface area contributed by atoms with E-state index in [2.05, 4.69) is 22.1 Å². The van der Waals surface area contributed by atoms with Crippen LogP contribution in [0.15, 0.2) is 34.6 Å². The molecule has 1 aliphatic carbocycles. The standard InChI is InChI=1S/C24H28N4O4S2/c1-4-12-28-21(16-11-13-32-15(16)3)26-27-24(28)33-14-19(29)25-22-20(23(30)31-5-2)17-9-7-6-8-10-18(17)34-22/h4,11,13H,1,5-10,12,14H2,2-3H3,(H,25,29). The van der Waals surface area contributed by atoms with E-state index in [1.54, 1.807) is 19.3 Å². The predicted octanol–water partition coefficient (Wildman–Crippen LogP) is 5.27. The Hall–Kier alpha value is -2.85. The monoisotopic (exact) mass is 500 g/mol. The van der Waals surface area contributed by atoms with Gasteiger partial charge < -0.3 is 14.5 Å². The van der Waals surface area contributed by atoms with Crippen molar-refractivity contribution in [1.29, 1.82) is 0 Å². The molecule has 0 radical (unpaired) electrons. The zero-order valence-electron chi connectivity index (χ0n) is 19.4. The van der Waals surface area contributed by atoms with E-state index < -0.39 is 0 Å². The molecule has 1 amide bonds. The molecule has 4 rings (SSSR count). The number of furan rings is 1. The van der Waals surface area contributed by atoms with Gasteiger partial charge in [-0.3, -0.25) is 9.36 Å². The number of rotatable bonds is 9. The molecular formula is C24H28N4O4S2. The number of hydrogen-bond donors (Lipinski definition) is 1. The molecule has 180 valence electrons. The summed E-state index contributed by atoms with van der Waals surface area (Å²) in [6, 6.07) is 1.85. The fourth-order valence-electron chi connectivity index (χ4n) is 4.05. The van der Waals surface area contributed by atoms with Crippen molar-refractivity contribution in [1.82, 2.24) is 14.8 Å². The highest BCUT2D eigenvalue weighted by Gasteiger charge is 2.27. The van der Waals surface area contributed by atoms with Gasteiger partial charge in [-0.2, -0.15) is 0 Å². The Morgan fingerprint density at radius 3 is 2.88 bits per heavy atom. The van der Waals surface area contributed by atoms with Gasteiger partial charge in [0.1, 0.15) is 10.8 Å². The summed E-state index contributed by atoms with van der Waals surface area (Å²) in [5, 5.41) is 12.7. The van der Waals surface area contributed by atoms with Crippen LogP contribution in [0.2, 0.25) is 0 Å². The van der Waals surface area contributed by atoms with Crippen LogP contribution in [0.5, 0.6) is 0 Å². The number of aromatic nitrogens is 3. The Labute approximate surface area is 206 Å². The Morgan fingerprint density at radius 2 is 2.15 bits per heavy atom. The zero-order valence-corrected chi connectivity index (χ0v) is 21.0. The second-order valence-corrected chi connectivity index (χ2v) is 9.97. The highest BCUT2D eigenvalue weighted by Crippen LogP contribution is 2.38. The highest BCUT2D eigenvalue weighted by molar-refractivity contribution is 7.99. The first-order valence-corrected chi connectivity index (χ1v) is 13.2. The number of fused-ring (bicyclic) bond motifs is 1. The Balaban J connectivity index is 1.51. The minimum Gasteiger partial charge on any atom is -0.469 e. The second kappa shape index (κ2) is 11.1. The third kappa shape index (κ3) is 5.12. The maximum atomic E-state index is 12.9. The Kier molecular flexibility index (Phi) is 7.89. The number of anilines is 1. The summed E-state index contributed by atoms with van der Waals surface area (Å²) in [4.78, 5) is 26.8. The lowest BCUT2D eigenvalue weighted by Gasteiger charge is -2.09. The van der Waals surface area contributed by atoms with Crippen molar-refractivity contribution in [3.63, 3.8) is 0 Å². The summed E-state index contributed by atoms with van der Waals surface area (Å²) >= 11 is 2.78. The van der Waals surface area contributed by atoms with Gasteiger partial charge >= 0.3 is 5.97 Å². The molecule has 0 atom stereocenters. The van der Waals surface area contributed by atoms with Gasteiger partial charge in [-0.15, -0.1) is 28.1 Å². The van der Waals surface area contributed by atoms with E-state index >= 15 is 0 Å². The summed E-state index contributed by atoms with van der Waals surface area (Å²) in [6.07, 6.45) is 8.42. The van der Waals surface area contributed by atoms with E-state index in [9.17, 15) is 9.59 Å². The van der Waals surface area contributed by atoms with Crippen molar-refractivity contribution in [2.45, 2.75) is 57.7 Å². The summed E-state index contributed by atoms with van der Waals surface area (Å²) in [7, 11) is 0. The van der Waals surface area contributed by atoms with Gasteiger partial charge in [0.25, 0.3) is 0 Å². The van der Waals surface area contributed by atoms with E-state index in [0.29, 0.717) is 34.7 Å². The average Bonchev–Trinajstić information content (AvgIpc) is 3.45. The van der Waals surface area contributed by atoms with Crippen LogP contribution in [0.3, 0.4) is 0 Å². The van der Waals surface area contributed by atoms with Crippen LogP contribution in [-0.4, -0.2) is 39.0 Å². The van der Waals surface area contributed by atoms with Gasteiger partial charge in [0.05, 0.1) is 29.7 Å². The highest BCUT2D eigenvalue weighted by atomic mass is 32.2. The Bertz CT molecular complexity index is 1190. The largest absolute Gasteiger partial charge is 0.469 e. The molecule has 0 unspecified atom stereocenters. The number of aryl methyl sites for hydroxylation is 2. The first kappa shape index (κ1) is 24.3. The van der Waals surface area contributed by atoms with Crippen molar-refractivity contribution in [3.05, 3.63) is 46.7 Å². The van der Waals surface area contributed by atoms with Crippen molar-refractivity contribution in [3.8, 4) is 11.4 Å². The molecular weight excluding hydrogens is 472 g/mol. The van der Waals surface area contributed by atoms with Gasteiger partial charge in [0.15, 0.2) is 11.0 Å². The second-order valence-electron chi connectivity index (χ2n) is 7.92. The molecule has 1 aliphatic rings. The van der Waals surface area contributed by atoms with Gasteiger partial charge in [-0.25, -0.2) is 4.79 Å². The average molecular weight is 501 g/mol. The quantitative estimate of drug-likeness (QED) is 0.185. The predicted molar refractivity (Wildman–Crippen MR) is 134 cm³/mol. The van der Waals surface area contributed by atoms with E-state index in [1.165, 1.54) is 28.0 Å². The molecule has 8 nitrogen and oxygen atoms in total. The number of hydrogen-bond acceptors (Lipinski definition) is 8. The number of nitrogens with zero attached hydrogens (tertiary/aromatic N) is 3. The molecule has 34 heavy (non-hydrogen) atoms. The molecule has 0 bridgehead atoms. The van der Waals surface area contributed by atoms with Crippen molar-refractivity contribution >= 4 is 40.0 Å². The van der Waals surface area contributed by atoms with Crippen molar-refractivity contribution in [2.24, 2.45) is 0 Å². The number of ether oxygens (including phenoxy) is 1. The molecule has 0 aliphatic heterocycles. The van der Waals surface area contributed by atoms with Crippen LogP contribution in [0, 0.1) is 6.92 Å². The van der Waals surface area contributed by atoms with E-state index in [4.69, 9.17) is 9.15 Å². The molecule has 1 N–H and O–H groups in total. The van der Waals surface area contributed by atoms with E-state index in [1.807, 2.05) is 17.6 Å². The summed E-state index contributed by atoms with van der Waals surface area (Å²) in [5.74, 6) is 0.971. The lowest BCUT2D eigenvalue weighted by Crippen LogP contribution is -2.17. The maximum absolute atomic E-state index is 12.9. The molecule has 0 saturated heterocycles. The van der Waals surface area contributed by atoms with Gasteiger partial charge in [-0.1, -0.05) is 24.3 Å². The first-order valence-electron chi connectivity index (χ1n) is 11.4. The Morgan fingerprint density at radius 1 is 1.32 bits per heavy atom. The lowest BCUT2D eigenvalue weighted by molar-refractivity contribution is -0.113. The van der Waals surface area contributed by atoms with Crippen LogP contribution >= 0.6 is 23.1 Å². The van der Waals surface area contributed by atoms with Crippen LogP contribution < -0.4 is 5.32 Å². The SMILES string of the molecule is C=CCn1c(SCC(=O)Nc2sc3c(c2C(=O)OCC)CCCCC3)nnc1-c1ccoc1C. The number of carbonyl (C=O) groups excluding carboxylic acids is 2. The van der Waals surface area contributed by atoms with Gasteiger partial charge in [-0.05, 0) is 51.2 Å². The fourth-order valence-corrected chi connectivity index (χ4v) is 6.09. The zero-order chi connectivity index (χ0) is 24.1. The summed E-state index contributed by atoms with van der Waals surface area (Å²) in [6.45, 7) is 8.27. The third-order valence-electron chi connectivity index (χ3n) is 5.61. The number of thiophene rings is 1. The summed E-state index contributed by atoms with van der Waals surface area (Å²) < 4.78 is 12.6. The van der Waals surface area contributed by atoms with Crippen LogP contribution in [0.4, 0.5) is 5.00 Å². The van der Waals surface area contributed by atoms with Gasteiger partial charge in [0, 0.05) is 11.4 Å². The topological polar surface area (TPSA) is 99.2 Å². The molecule has 10 heteroatoms. The van der Waals surface area contributed by atoms with Crippen LogP contribution in [0.25, 0.3) is 11.4 Å². The van der Waals surface area contributed by atoms with Crippen LogP contribution in [-0.2, 0) is 28.9 Å². The first-order chi connectivity index (χ1) is 16.5. The number of thioether (sulfide) groups is 1. The smallest absolute Gasteiger partial charge is 0.341 e. The van der Waals surface area contributed by atoms with Crippen LogP contribution in [0.1, 0.15) is 52.7 Å². The van der Waals surface area contributed by atoms with E-state index in [0.717, 1.165) is 49.0 Å². The minimum absolute atomic E-state index is 0.129. The molecule has 3 aromatic heterocycles. The number of carbonyl (C=O) groups is 2. The molecule has 0 spiro atoms. The summed E-state index contributed by atoms with van der Waals surface area (Å²) in [5.41, 5.74) is 2.41. The number of nitrogens with one attached hydrogen (secondary N) is 1. The van der Waals surface area contributed by atoms with E-state index in [-0.39, 0.29) is 17.6 Å². The molecule has 0 saturated carbocycles. The fraction of sp³-hybridized carbons (Fsp3) is 0.417. The number of esters is 1.